The van der Waals surface area contributed by atoms with Crippen LogP contribution in [0.1, 0.15) is 12.5 Å². The van der Waals surface area contributed by atoms with Crippen molar-refractivity contribution in [2.75, 3.05) is 6.61 Å². The van der Waals surface area contributed by atoms with Crippen molar-refractivity contribution in [2.45, 2.75) is 6.92 Å². The summed E-state index contributed by atoms with van der Waals surface area (Å²) in [6.45, 7) is 2.62. The Labute approximate surface area is 67.0 Å². The molecule has 0 bridgehead atoms. The molecule has 56 valence electrons. The molecule has 1 heteroatoms. The molecule has 0 aromatic heterocycles. The van der Waals surface area contributed by atoms with E-state index in [2.05, 4.69) is 5.92 Å². The van der Waals surface area contributed by atoms with Crippen LogP contribution in [0.4, 0.5) is 0 Å². The summed E-state index contributed by atoms with van der Waals surface area (Å²) in [6, 6.07) is 7.51. The van der Waals surface area contributed by atoms with Gasteiger partial charge in [-0.05, 0) is 25.1 Å². The van der Waals surface area contributed by atoms with Crippen LogP contribution in [-0.4, -0.2) is 6.61 Å². The van der Waals surface area contributed by atoms with E-state index in [1.165, 1.54) is 0 Å². The fourth-order valence-corrected chi connectivity index (χ4v) is 0.842. The van der Waals surface area contributed by atoms with Gasteiger partial charge >= 0.3 is 0 Å². The molecule has 0 radical (unpaired) electrons. The molecule has 0 saturated heterocycles. The summed E-state index contributed by atoms with van der Waals surface area (Å²) in [7, 11) is 0. The Bertz CT molecular complexity index is 270. The van der Waals surface area contributed by atoms with E-state index in [-0.39, 0.29) is 0 Å². The fraction of sp³-hybridized carbons (Fsp3) is 0.200. The first kappa shape index (κ1) is 7.68. The van der Waals surface area contributed by atoms with Gasteiger partial charge in [0.2, 0.25) is 0 Å². The van der Waals surface area contributed by atoms with E-state index in [4.69, 9.17) is 11.2 Å². The van der Waals surface area contributed by atoms with E-state index in [9.17, 15) is 0 Å². The molecule has 1 aromatic carbocycles. The molecule has 0 unspecified atom stereocenters. The Kier molecular flexibility index (Phi) is 2.57. The molecule has 0 aliphatic heterocycles. The molecule has 0 heterocycles. The van der Waals surface area contributed by atoms with Crippen molar-refractivity contribution < 1.29 is 4.74 Å². The Morgan fingerprint density at radius 2 is 2.36 bits per heavy atom. The van der Waals surface area contributed by atoms with Gasteiger partial charge in [-0.2, -0.15) is 0 Å². The van der Waals surface area contributed by atoms with Gasteiger partial charge in [-0.1, -0.05) is 12.0 Å². The van der Waals surface area contributed by atoms with Crippen LogP contribution in [-0.2, 0) is 0 Å². The molecule has 0 N–H and O–H groups in total. The number of hydrogen-bond acceptors (Lipinski definition) is 1. The molecule has 0 spiro atoms. The normalized spacial score (nSPS) is 8.73. The highest BCUT2D eigenvalue weighted by atomic mass is 16.5. The number of benzene rings is 1. The molecule has 11 heavy (non-hydrogen) atoms. The second-order valence-electron chi connectivity index (χ2n) is 2.11. The van der Waals surface area contributed by atoms with Gasteiger partial charge in [-0.25, -0.2) is 0 Å². The number of terminal acetylenes is 1. The summed E-state index contributed by atoms with van der Waals surface area (Å²) < 4.78 is 5.25. The van der Waals surface area contributed by atoms with Gasteiger partial charge in [0.1, 0.15) is 5.75 Å². The first-order chi connectivity index (χ1) is 5.36. The molecule has 0 atom stereocenters. The summed E-state index contributed by atoms with van der Waals surface area (Å²) in [5, 5.41) is 0. The van der Waals surface area contributed by atoms with Gasteiger partial charge in [0.15, 0.2) is 0 Å². The van der Waals surface area contributed by atoms with Gasteiger partial charge in [-0.15, -0.1) is 6.42 Å². The standard InChI is InChI=1S/C10H10O/c1-3-9-6-5-7-10(8-9)11-4-2/h1,5-8H,4H2,2H3. The molecule has 0 fully saturated rings. The highest BCUT2D eigenvalue weighted by molar-refractivity contribution is 5.38. The smallest absolute Gasteiger partial charge is 0.120 e. The average Bonchev–Trinajstić information content (AvgIpc) is 2.06. The van der Waals surface area contributed by atoms with Crippen molar-refractivity contribution in [3.05, 3.63) is 29.8 Å². The van der Waals surface area contributed by atoms with Crippen LogP contribution in [0.15, 0.2) is 24.3 Å². The molecule has 1 aromatic rings. The third-order valence-corrected chi connectivity index (χ3v) is 1.31. The third-order valence-electron chi connectivity index (χ3n) is 1.31. The lowest BCUT2D eigenvalue weighted by Gasteiger charge is -2.01. The molecule has 0 aliphatic rings. The molecular formula is C10H10O. The maximum atomic E-state index is 5.25. The lowest BCUT2D eigenvalue weighted by atomic mass is 10.2. The van der Waals surface area contributed by atoms with Crippen molar-refractivity contribution in [2.24, 2.45) is 0 Å². The number of rotatable bonds is 2. The first-order valence-corrected chi connectivity index (χ1v) is 3.56. The van der Waals surface area contributed by atoms with E-state index in [1.807, 2.05) is 31.2 Å². The van der Waals surface area contributed by atoms with Crippen LogP contribution in [0.5, 0.6) is 5.75 Å². The molecule has 1 nitrogen and oxygen atoms in total. The van der Waals surface area contributed by atoms with Crippen molar-refractivity contribution in [3.63, 3.8) is 0 Å². The van der Waals surface area contributed by atoms with Gasteiger partial charge in [0.25, 0.3) is 0 Å². The van der Waals surface area contributed by atoms with Crippen LogP contribution in [0.2, 0.25) is 0 Å². The van der Waals surface area contributed by atoms with Gasteiger partial charge < -0.3 is 4.74 Å². The Morgan fingerprint density at radius 3 is 3.00 bits per heavy atom. The minimum Gasteiger partial charge on any atom is -0.494 e. The Morgan fingerprint density at radius 1 is 1.55 bits per heavy atom. The van der Waals surface area contributed by atoms with Gasteiger partial charge in [0.05, 0.1) is 6.61 Å². The topological polar surface area (TPSA) is 9.23 Å². The zero-order valence-corrected chi connectivity index (χ0v) is 6.50. The molecule has 0 aliphatic carbocycles. The van der Waals surface area contributed by atoms with Crippen LogP contribution in [0.3, 0.4) is 0 Å². The second-order valence-corrected chi connectivity index (χ2v) is 2.11. The highest BCUT2D eigenvalue weighted by Crippen LogP contribution is 2.11. The molecule has 0 saturated carbocycles. The van der Waals surface area contributed by atoms with E-state index in [0.717, 1.165) is 11.3 Å². The summed E-state index contributed by atoms with van der Waals surface area (Å²) in [4.78, 5) is 0. The van der Waals surface area contributed by atoms with Crippen molar-refractivity contribution in [1.82, 2.24) is 0 Å². The van der Waals surface area contributed by atoms with Gasteiger partial charge in [0, 0.05) is 5.56 Å². The number of hydrogen-bond donors (Lipinski definition) is 0. The summed E-state index contributed by atoms with van der Waals surface area (Å²) >= 11 is 0. The SMILES string of the molecule is C#Cc1cccc(OCC)c1. The average molecular weight is 146 g/mol. The summed E-state index contributed by atoms with van der Waals surface area (Å²) in [5.41, 5.74) is 0.857. The van der Waals surface area contributed by atoms with E-state index in [0.29, 0.717) is 6.61 Å². The summed E-state index contributed by atoms with van der Waals surface area (Å²) in [5.74, 6) is 3.38. The maximum Gasteiger partial charge on any atom is 0.120 e. The van der Waals surface area contributed by atoms with Crippen LogP contribution >= 0.6 is 0 Å². The zero-order chi connectivity index (χ0) is 8.10. The van der Waals surface area contributed by atoms with Crippen LogP contribution in [0.25, 0.3) is 0 Å². The minimum atomic E-state index is 0.675. The van der Waals surface area contributed by atoms with Crippen molar-refractivity contribution >= 4 is 0 Å². The largest absolute Gasteiger partial charge is 0.494 e. The molecule has 0 amide bonds. The zero-order valence-electron chi connectivity index (χ0n) is 6.50. The molecular weight excluding hydrogens is 136 g/mol. The predicted octanol–water partition coefficient (Wildman–Crippen LogP) is 2.07. The number of ether oxygens (including phenoxy) is 1. The fourth-order valence-electron chi connectivity index (χ4n) is 0.842. The highest BCUT2D eigenvalue weighted by Gasteiger charge is 1.91. The Balaban J connectivity index is 2.85. The van der Waals surface area contributed by atoms with E-state index in [1.54, 1.807) is 0 Å². The summed E-state index contributed by atoms with van der Waals surface area (Å²) in [6.07, 6.45) is 5.21. The van der Waals surface area contributed by atoms with Crippen molar-refractivity contribution in [1.29, 1.82) is 0 Å². The lowest BCUT2D eigenvalue weighted by molar-refractivity contribution is 0.340. The van der Waals surface area contributed by atoms with Gasteiger partial charge in [-0.3, -0.25) is 0 Å². The van der Waals surface area contributed by atoms with Crippen molar-refractivity contribution in [3.8, 4) is 18.1 Å². The van der Waals surface area contributed by atoms with E-state index >= 15 is 0 Å². The third kappa shape index (κ3) is 2.01. The molecule has 1 rings (SSSR count). The monoisotopic (exact) mass is 146 g/mol. The maximum absolute atomic E-state index is 5.25. The second kappa shape index (κ2) is 3.68. The minimum absolute atomic E-state index is 0.675. The van der Waals surface area contributed by atoms with Crippen LogP contribution in [0, 0.1) is 12.3 Å². The Hall–Kier alpha value is -1.42. The first-order valence-electron chi connectivity index (χ1n) is 3.56. The van der Waals surface area contributed by atoms with Crippen LogP contribution < -0.4 is 4.74 Å². The van der Waals surface area contributed by atoms with E-state index < -0.39 is 0 Å². The predicted molar refractivity (Wildman–Crippen MR) is 45.5 cm³/mol. The lowest BCUT2D eigenvalue weighted by Crippen LogP contribution is -1.90. The quantitative estimate of drug-likeness (QED) is 0.580.